The van der Waals surface area contributed by atoms with Crippen LogP contribution in [0.5, 0.6) is 0 Å². The van der Waals surface area contributed by atoms with E-state index >= 15 is 0 Å². The fourth-order valence-electron chi connectivity index (χ4n) is 2.84. The minimum atomic E-state index is -1.06. The molecule has 1 aromatic heterocycles. The van der Waals surface area contributed by atoms with Crippen molar-refractivity contribution in [2.75, 3.05) is 26.2 Å². The second-order valence-corrected chi connectivity index (χ2v) is 6.31. The summed E-state index contributed by atoms with van der Waals surface area (Å²) in [6.45, 7) is 10.1. The number of nitrogens with one attached hydrogen (secondary N) is 2. The summed E-state index contributed by atoms with van der Waals surface area (Å²) in [4.78, 5) is 4.52. The largest absolute Gasteiger partial charge is 0.466 e. The molecular weight excluding hydrogens is 294 g/mol. The normalized spacial score (nSPS) is 21.3. The second-order valence-electron chi connectivity index (χ2n) is 6.31. The Morgan fingerprint density at radius 2 is 2.22 bits per heavy atom. The molecule has 6 nitrogen and oxygen atoms in total. The summed E-state index contributed by atoms with van der Waals surface area (Å²) < 4.78 is 11.1. The van der Waals surface area contributed by atoms with E-state index in [4.69, 9.17) is 9.15 Å². The Morgan fingerprint density at radius 3 is 2.78 bits per heavy atom. The Bertz CT molecular complexity index is 531. The standard InChI is InChI=1S/C17H29N3O3/c1-5-18-16(19-10-14-7-6-8-22-14)20-11-17(4,21)15-9-12(2)23-13(15)3/h9,14,21H,5-8,10-11H2,1-4H3,(H2,18,19,20). The molecule has 0 radical (unpaired) electrons. The first-order valence-corrected chi connectivity index (χ1v) is 8.36. The molecule has 1 aliphatic rings. The number of rotatable bonds is 6. The van der Waals surface area contributed by atoms with Crippen LogP contribution in [0, 0.1) is 13.8 Å². The van der Waals surface area contributed by atoms with Gasteiger partial charge in [-0.2, -0.15) is 0 Å². The van der Waals surface area contributed by atoms with Gasteiger partial charge in [0, 0.05) is 25.3 Å². The summed E-state index contributed by atoms with van der Waals surface area (Å²) in [6.07, 6.45) is 2.45. The van der Waals surface area contributed by atoms with Gasteiger partial charge in [0.2, 0.25) is 0 Å². The van der Waals surface area contributed by atoms with Crippen LogP contribution in [0.2, 0.25) is 0 Å². The molecule has 2 rings (SSSR count). The molecule has 1 aromatic rings. The molecule has 0 aliphatic carbocycles. The Balaban J connectivity index is 1.98. The molecule has 6 heteroatoms. The maximum atomic E-state index is 10.7. The first-order chi connectivity index (χ1) is 10.9. The van der Waals surface area contributed by atoms with Gasteiger partial charge in [-0.15, -0.1) is 0 Å². The number of ether oxygens (including phenoxy) is 1. The fraction of sp³-hybridized carbons (Fsp3) is 0.706. The number of aliphatic imine (C=N–C) groups is 1. The van der Waals surface area contributed by atoms with Gasteiger partial charge in [-0.05, 0) is 46.6 Å². The zero-order valence-corrected chi connectivity index (χ0v) is 14.6. The average molecular weight is 323 g/mol. The molecule has 2 unspecified atom stereocenters. The van der Waals surface area contributed by atoms with Gasteiger partial charge in [-0.3, -0.25) is 0 Å². The lowest BCUT2D eigenvalue weighted by atomic mass is 9.96. The SMILES string of the molecule is CCNC(=NCC(C)(O)c1cc(C)oc1C)NCC1CCCO1. The summed E-state index contributed by atoms with van der Waals surface area (Å²) in [5.74, 6) is 2.23. The molecule has 2 atom stereocenters. The van der Waals surface area contributed by atoms with Gasteiger partial charge >= 0.3 is 0 Å². The average Bonchev–Trinajstić information content (AvgIpc) is 3.11. The molecule has 1 fully saturated rings. The molecule has 0 aromatic carbocycles. The topological polar surface area (TPSA) is 79.0 Å². The summed E-state index contributed by atoms with van der Waals surface area (Å²) in [7, 11) is 0. The van der Waals surface area contributed by atoms with Crippen molar-refractivity contribution in [3.05, 3.63) is 23.2 Å². The quantitative estimate of drug-likeness (QED) is 0.550. The van der Waals surface area contributed by atoms with Crippen LogP contribution in [0.1, 0.15) is 43.8 Å². The van der Waals surface area contributed by atoms with E-state index in [2.05, 4.69) is 15.6 Å². The highest BCUT2D eigenvalue weighted by Gasteiger charge is 2.27. The number of aryl methyl sites for hydroxylation is 2. The van der Waals surface area contributed by atoms with Gasteiger partial charge in [0.25, 0.3) is 0 Å². The Morgan fingerprint density at radius 1 is 1.43 bits per heavy atom. The molecule has 0 bridgehead atoms. The highest BCUT2D eigenvalue weighted by Crippen LogP contribution is 2.27. The second kappa shape index (κ2) is 7.84. The molecule has 2 heterocycles. The van der Waals surface area contributed by atoms with Gasteiger partial charge in [-0.25, -0.2) is 4.99 Å². The van der Waals surface area contributed by atoms with Crippen molar-refractivity contribution < 1.29 is 14.3 Å². The predicted octanol–water partition coefficient (Wildman–Crippen LogP) is 1.84. The number of aliphatic hydroxyl groups is 1. The van der Waals surface area contributed by atoms with E-state index in [-0.39, 0.29) is 12.6 Å². The molecular formula is C17H29N3O3. The van der Waals surface area contributed by atoms with Crippen molar-refractivity contribution in [1.29, 1.82) is 0 Å². The van der Waals surface area contributed by atoms with E-state index in [9.17, 15) is 5.11 Å². The molecule has 0 saturated carbocycles. The van der Waals surface area contributed by atoms with Crippen molar-refractivity contribution >= 4 is 5.96 Å². The van der Waals surface area contributed by atoms with Gasteiger partial charge in [-0.1, -0.05) is 0 Å². The van der Waals surface area contributed by atoms with Crippen LogP contribution >= 0.6 is 0 Å². The summed E-state index contributed by atoms with van der Waals surface area (Å²) in [5, 5.41) is 17.2. The first-order valence-electron chi connectivity index (χ1n) is 8.36. The molecule has 1 aliphatic heterocycles. The lowest BCUT2D eigenvalue weighted by Gasteiger charge is -2.22. The van der Waals surface area contributed by atoms with Crippen LogP contribution in [-0.4, -0.2) is 43.4 Å². The summed E-state index contributed by atoms with van der Waals surface area (Å²) >= 11 is 0. The molecule has 0 spiro atoms. The van der Waals surface area contributed by atoms with Gasteiger partial charge in [0.1, 0.15) is 17.1 Å². The summed E-state index contributed by atoms with van der Waals surface area (Å²) in [6, 6.07) is 1.87. The summed E-state index contributed by atoms with van der Waals surface area (Å²) in [5.41, 5.74) is -0.276. The van der Waals surface area contributed by atoms with Crippen molar-refractivity contribution in [3.8, 4) is 0 Å². The molecule has 3 N–H and O–H groups in total. The third-order valence-corrected chi connectivity index (χ3v) is 4.03. The van der Waals surface area contributed by atoms with Crippen LogP contribution in [0.15, 0.2) is 15.5 Å². The third-order valence-electron chi connectivity index (χ3n) is 4.03. The number of furan rings is 1. The van der Waals surface area contributed by atoms with E-state index in [1.165, 1.54) is 0 Å². The van der Waals surface area contributed by atoms with Crippen LogP contribution in [0.4, 0.5) is 0 Å². The molecule has 23 heavy (non-hydrogen) atoms. The smallest absolute Gasteiger partial charge is 0.191 e. The zero-order valence-electron chi connectivity index (χ0n) is 14.6. The molecule has 130 valence electrons. The Hall–Kier alpha value is -1.53. The minimum Gasteiger partial charge on any atom is -0.466 e. The number of nitrogens with zero attached hydrogens (tertiary/aromatic N) is 1. The lowest BCUT2D eigenvalue weighted by Crippen LogP contribution is -2.42. The minimum absolute atomic E-state index is 0.248. The van der Waals surface area contributed by atoms with E-state index in [0.29, 0.717) is 5.96 Å². The number of guanidine groups is 1. The Labute approximate surface area is 138 Å². The monoisotopic (exact) mass is 323 g/mol. The van der Waals surface area contributed by atoms with E-state index in [0.717, 1.165) is 49.6 Å². The molecule has 0 amide bonds. The highest BCUT2D eigenvalue weighted by atomic mass is 16.5. The van der Waals surface area contributed by atoms with Crippen LogP contribution < -0.4 is 10.6 Å². The zero-order chi connectivity index (χ0) is 16.9. The van der Waals surface area contributed by atoms with Gasteiger partial charge in [0.15, 0.2) is 5.96 Å². The lowest BCUT2D eigenvalue weighted by molar-refractivity contribution is 0.0656. The van der Waals surface area contributed by atoms with E-state index in [1.807, 2.05) is 26.8 Å². The number of hydrogen-bond donors (Lipinski definition) is 3. The number of hydrogen-bond acceptors (Lipinski definition) is 4. The van der Waals surface area contributed by atoms with Crippen molar-refractivity contribution in [1.82, 2.24) is 10.6 Å². The van der Waals surface area contributed by atoms with E-state index < -0.39 is 5.60 Å². The first kappa shape index (κ1) is 17.8. The maximum Gasteiger partial charge on any atom is 0.191 e. The highest BCUT2D eigenvalue weighted by molar-refractivity contribution is 5.79. The van der Waals surface area contributed by atoms with Crippen molar-refractivity contribution in [3.63, 3.8) is 0 Å². The van der Waals surface area contributed by atoms with E-state index in [1.54, 1.807) is 6.92 Å². The van der Waals surface area contributed by atoms with Gasteiger partial charge < -0.3 is 24.9 Å². The predicted molar refractivity (Wildman–Crippen MR) is 90.7 cm³/mol. The third kappa shape index (κ3) is 4.97. The fourth-order valence-corrected chi connectivity index (χ4v) is 2.84. The van der Waals surface area contributed by atoms with Crippen LogP contribution in [0.3, 0.4) is 0 Å². The maximum absolute atomic E-state index is 10.7. The van der Waals surface area contributed by atoms with Gasteiger partial charge in [0.05, 0.1) is 12.6 Å². The molecule has 1 saturated heterocycles. The van der Waals surface area contributed by atoms with Crippen molar-refractivity contribution in [2.45, 2.75) is 52.2 Å². The van der Waals surface area contributed by atoms with Crippen LogP contribution in [-0.2, 0) is 10.3 Å². The Kier molecular flexibility index (Phi) is 6.07. The van der Waals surface area contributed by atoms with Crippen LogP contribution in [0.25, 0.3) is 0 Å². The van der Waals surface area contributed by atoms with Crippen molar-refractivity contribution in [2.24, 2.45) is 4.99 Å².